The summed E-state index contributed by atoms with van der Waals surface area (Å²) < 4.78 is 0. The van der Waals surface area contributed by atoms with Gasteiger partial charge in [-0.05, 0) is 0 Å². The summed E-state index contributed by atoms with van der Waals surface area (Å²) >= 11 is 5.45. The highest BCUT2D eigenvalue weighted by atomic mass is 35.5. The van der Waals surface area contributed by atoms with Gasteiger partial charge in [-0.15, -0.1) is 11.6 Å². The lowest BCUT2D eigenvalue weighted by molar-refractivity contribution is -0.146. The molecule has 6 heteroatoms. The van der Waals surface area contributed by atoms with Gasteiger partial charge >= 0.3 is 5.97 Å². The maximum Gasteiger partial charge on any atom is 0.337 e. The number of carboxylic acids is 1. The van der Waals surface area contributed by atoms with Gasteiger partial charge in [-0.25, -0.2) is 4.79 Å². The first-order valence-electron chi connectivity index (χ1n) is 5.11. The zero-order chi connectivity index (χ0) is 13.7. The Balaban J connectivity index is 3.37. The van der Waals surface area contributed by atoms with Crippen LogP contribution in [0.3, 0.4) is 0 Å². The second-order valence-electron chi connectivity index (χ2n) is 3.53. The van der Waals surface area contributed by atoms with E-state index >= 15 is 0 Å². The normalized spacial score (nSPS) is 11.9. The Morgan fingerprint density at radius 1 is 1.39 bits per heavy atom. The first-order valence-corrected chi connectivity index (χ1v) is 5.64. The molecule has 1 atom stereocenters. The van der Waals surface area contributed by atoms with Crippen molar-refractivity contribution in [2.45, 2.75) is 12.5 Å². The highest BCUT2D eigenvalue weighted by molar-refractivity contribution is 6.20. The van der Waals surface area contributed by atoms with E-state index in [0.29, 0.717) is 6.29 Å². The maximum absolute atomic E-state index is 11.8. The van der Waals surface area contributed by atoms with Gasteiger partial charge in [-0.1, -0.05) is 18.2 Å². The van der Waals surface area contributed by atoms with E-state index in [1.807, 2.05) is 0 Å². The molecule has 5 nitrogen and oxygen atoms in total. The summed E-state index contributed by atoms with van der Waals surface area (Å²) in [6.45, 7) is 0. The topological polar surface area (TPSA) is 91.7 Å². The molecule has 0 fully saturated rings. The van der Waals surface area contributed by atoms with Crippen LogP contribution in [0.15, 0.2) is 18.2 Å². The van der Waals surface area contributed by atoms with Crippen molar-refractivity contribution >= 4 is 29.6 Å². The summed E-state index contributed by atoms with van der Waals surface area (Å²) in [5, 5.41) is 18.3. The molecule has 0 aliphatic heterocycles. The molecule has 1 aromatic rings. The van der Waals surface area contributed by atoms with Crippen LogP contribution >= 0.6 is 11.6 Å². The third-order valence-electron chi connectivity index (χ3n) is 2.38. The third kappa shape index (κ3) is 2.94. The number of carbonyl (C=O) groups is 3. The van der Waals surface area contributed by atoms with Gasteiger partial charge in [-0.3, -0.25) is 9.59 Å². The van der Waals surface area contributed by atoms with E-state index in [9.17, 15) is 19.5 Å². The van der Waals surface area contributed by atoms with Crippen LogP contribution in [0.5, 0.6) is 0 Å². The Bertz CT molecular complexity index is 483. The van der Waals surface area contributed by atoms with E-state index in [1.165, 1.54) is 18.2 Å². The molecule has 0 saturated carbocycles. The van der Waals surface area contributed by atoms with E-state index in [4.69, 9.17) is 16.7 Å². The lowest BCUT2D eigenvalue weighted by atomic mass is 9.93. The Morgan fingerprint density at radius 3 is 2.56 bits per heavy atom. The summed E-state index contributed by atoms with van der Waals surface area (Å²) in [6, 6.07) is 4.09. The summed E-state index contributed by atoms with van der Waals surface area (Å²) in [5.74, 6) is -1.91. The van der Waals surface area contributed by atoms with Gasteiger partial charge in [0.25, 0.3) is 0 Å². The molecular formula is C12H11ClO5. The fourth-order valence-electron chi connectivity index (χ4n) is 1.58. The highest BCUT2D eigenvalue weighted by Gasteiger charge is 2.24. The van der Waals surface area contributed by atoms with Crippen molar-refractivity contribution in [1.29, 1.82) is 0 Å². The van der Waals surface area contributed by atoms with Crippen molar-refractivity contribution in [2.24, 2.45) is 0 Å². The van der Waals surface area contributed by atoms with E-state index in [1.54, 1.807) is 0 Å². The van der Waals surface area contributed by atoms with E-state index < -0.39 is 17.9 Å². The minimum Gasteiger partial charge on any atom is -0.479 e. The molecule has 0 amide bonds. The van der Waals surface area contributed by atoms with Gasteiger partial charge in [0, 0.05) is 29.0 Å². The van der Waals surface area contributed by atoms with E-state index in [0.717, 1.165) is 0 Å². The van der Waals surface area contributed by atoms with Gasteiger partial charge in [-0.2, -0.15) is 0 Å². The van der Waals surface area contributed by atoms with Crippen LogP contribution in [0, 0.1) is 0 Å². The van der Waals surface area contributed by atoms with Crippen molar-refractivity contribution in [3.05, 3.63) is 34.9 Å². The molecule has 18 heavy (non-hydrogen) atoms. The molecule has 0 spiro atoms. The standard InChI is InChI=1S/C12H11ClO5/c13-5-4-9(15)10-7(6-14)2-1-3-8(10)11(16)12(17)18/h1-3,6,11,16H,4-5H2,(H,17,18). The number of carboxylic acid groups (broad SMARTS) is 1. The third-order valence-corrected chi connectivity index (χ3v) is 2.57. The number of carbonyl (C=O) groups excluding carboxylic acids is 2. The molecule has 1 unspecified atom stereocenters. The van der Waals surface area contributed by atoms with Crippen molar-refractivity contribution < 1.29 is 24.6 Å². The van der Waals surface area contributed by atoms with Crippen LogP contribution in [0.25, 0.3) is 0 Å². The first kappa shape index (κ1) is 14.3. The van der Waals surface area contributed by atoms with Crippen LogP contribution in [0.2, 0.25) is 0 Å². The Kier molecular flexibility index (Phi) is 5.00. The number of rotatable bonds is 6. The van der Waals surface area contributed by atoms with Crippen LogP contribution in [0.1, 0.15) is 38.8 Å². The second-order valence-corrected chi connectivity index (χ2v) is 3.91. The fourth-order valence-corrected chi connectivity index (χ4v) is 1.75. The number of hydrogen-bond acceptors (Lipinski definition) is 4. The van der Waals surface area contributed by atoms with Crippen molar-refractivity contribution in [3.8, 4) is 0 Å². The summed E-state index contributed by atoms with van der Waals surface area (Å²) in [6.07, 6.45) is -1.44. The lowest BCUT2D eigenvalue weighted by Crippen LogP contribution is -2.17. The lowest BCUT2D eigenvalue weighted by Gasteiger charge is -2.13. The molecule has 0 bridgehead atoms. The SMILES string of the molecule is O=Cc1cccc(C(O)C(=O)O)c1C(=O)CCCl. The van der Waals surface area contributed by atoms with Gasteiger partial charge in [0.1, 0.15) is 0 Å². The molecule has 96 valence electrons. The minimum absolute atomic E-state index is 0.0360. The number of alkyl halides is 1. The number of benzene rings is 1. The van der Waals surface area contributed by atoms with Crippen molar-refractivity contribution in [3.63, 3.8) is 0 Å². The van der Waals surface area contributed by atoms with Crippen molar-refractivity contribution in [1.82, 2.24) is 0 Å². The van der Waals surface area contributed by atoms with Crippen LogP contribution in [-0.4, -0.2) is 34.1 Å². The molecule has 1 aromatic carbocycles. The summed E-state index contributed by atoms with van der Waals surface area (Å²) in [4.78, 5) is 33.4. The van der Waals surface area contributed by atoms with Crippen LogP contribution < -0.4 is 0 Å². The average Bonchev–Trinajstić information content (AvgIpc) is 2.36. The predicted octanol–water partition coefficient (Wildman–Crippen LogP) is 1.43. The van der Waals surface area contributed by atoms with Gasteiger partial charge in [0.05, 0.1) is 0 Å². The largest absolute Gasteiger partial charge is 0.479 e. The summed E-state index contributed by atoms with van der Waals surface area (Å²) in [7, 11) is 0. The van der Waals surface area contributed by atoms with Crippen molar-refractivity contribution in [2.75, 3.05) is 5.88 Å². The number of aliphatic hydroxyl groups excluding tert-OH is 1. The molecule has 2 N–H and O–H groups in total. The van der Waals surface area contributed by atoms with E-state index in [-0.39, 0.29) is 29.0 Å². The molecule has 0 saturated heterocycles. The zero-order valence-electron chi connectivity index (χ0n) is 9.30. The second kappa shape index (κ2) is 6.28. The number of halogens is 1. The number of aldehydes is 1. The molecule has 1 rings (SSSR count). The highest BCUT2D eigenvalue weighted by Crippen LogP contribution is 2.23. The number of hydrogen-bond donors (Lipinski definition) is 2. The van der Waals surface area contributed by atoms with Gasteiger partial charge < -0.3 is 10.2 Å². The molecule has 0 heterocycles. The number of Topliss-reactive ketones (excluding diaryl/α,β-unsaturated/α-hetero) is 1. The predicted molar refractivity (Wildman–Crippen MR) is 64.1 cm³/mol. The van der Waals surface area contributed by atoms with Crippen LogP contribution in [-0.2, 0) is 4.79 Å². The summed E-state index contributed by atoms with van der Waals surface area (Å²) in [5.41, 5.74) is -0.131. The minimum atomic E-state index is -1.85. The zero-order valence-corrected chi connectivity index (χ0v) is 10.1. The monoisotopic (exact) mass is 270 g/mol. The molecule has 0 radical (unpaired) electrons. The number of aliphatic hydroxyl groups is 1. The Morgan fingerprint density at radius 2 is 2.06 bits per heavy atom. The van der Waals surface area contributed by atoms with Gasteiger partial charge in [0.2, 0.25) is 0 Å². The molecule has 0 aliphatic rings. The van der Waals surface area contributed by atoms with E-state index in [2.05, 4.69) is 0 Å². The quantitative estimate of drug-likeness (QED) is 0.463. The first-order chi connectivity index (χ1) is 8.52. The number of ketones is 1. The Labute approximate surface area is 108 Å². The molecule has 0 aliphatic carbocycles. The number of aliphatic carboxylic acids is 1. The average molecular weight is 271 g/mol. The smallest absolute Gasteiger partial charge is 0.337 e. The maximum atomic E-state index is 11.8. The van der Waals surface area contributed by atoms with Gasteiger partial charge in [0.15, 0.2) is 18.2 Å². The van der Waals surface area contributed by atoms with Crippen LogP contribution in [0.4, 0.5) is 0 Å². The molecular weight excluding hydrogens is 260 g/mol. The Hall–Kier alpha value is -1.72. The molecule has 0 aromatic heterocycles. The fraction of sp³-hybridized carbons (Fsp3) is 0.250.